The van der Waals surface area contributed by atoms with Crippen molar-refractivity contribution in [2.45, 2.75) is 219 Å². The maximum absolute atomic E-state index is 12.2. The Hall–Kier alpha value is -2.17. The third-order valence-corrected chi connectivity index (χ3v) is 9.80. The Kier molecular flexibility index (Phi) is 45.1. The molecule has 0 aromatic heterocycles. The molecule has 0 saturated heterocycles. The number of aliphatic hydroxyl groups excluding tert-OH is 1. The molecule has 0 rings (SSSR count). The summed E-state index contributed by atoms with van der Waals surface area (Å²) in [4.78, 5) is 12.2. The molecule has 0 bridgehead atoms. The van der Waals surface area contributed by atoms with Crippen molar-refractivity contribution in [3.05, 3.63) is 72.9 Å². The van der Waals surface area contributed by atoms with Gasteiger partial charge in [-0.3, -0.25) is 4.79 Å². The summed E-state index contributed by atoms with van der Waals surface area (Å²) >= 11 is 0. The van der Waals surface area contributed by atoms with Crippen LogP contribution in [-0.2, 0) is 14.3 Å². The van der Waals surface area contributed by atoms with Crippen LogP contribution in [0, 0.1) is 0 Å². The van der Waals surface area contributed by atoms with E-state index in [1.807, 2.05) is 0 Å². The fourth-order valence-electron chi connectivity index (χ4n) is 6.39. The Morgan fingerprint density at radius 1 is 0.463 bits per heavy atom. The molecule has 0 aliphatic carbocycles. The largest absolute Gasteiger partial charge is 0.457 e. The highest BCUT2D eigenvalue weighted by molar-refractivity contribution is 5.69. The Balaban J connectivity index is 3.49. The molecule has 0 spiro atoms. The average Bonchev–Trinajstić information content (AvgIpc) is 3.18. The van der Waals surface area contributed by atoms with Gasteiger partial charge < -0.3 is 14.6 Å². The van der Waals surface area contributed by atoms with Crippen molar-refractivity contribution in [3.8, 4) is 0 Å². The second-order valence-corrected chi connectivity index (χ2v) is 15.1. The molecule has 1 unspecified atom stereocenters. The zero-order valence-electron chi connectivity index (χ0n) is 35.7. The monoisotopic (exact) mass is 753 g/mol. The lowest BCUT2D eigenvalue weighted by atomic mass is 10.0. The minimum Gasteiger partial charge on any atom is -0.457 e. The first-order valence-electron chi connectivity index (χ1n) is 23.0. The minimum atomic E-state index is -0.547. The van der Waals surface area contributed by atoms with E-state index in [9.17, 15) is 9.90 Å². The van der Waals surface area contributed by atoms with Crippen molar-refractivity contribution < 1.29 is 19.4 Å². The summed E-state index contributed by atoms with van der Waals surface area (Å²) in [5.41, 5.74) is 0. The molecule has 0 heterocycles. The van der Waals surface area contributed by atoms with Crippen LogP contribution < -0.4 is 0 Å². The van der Waals surface area contributed by atoms with E-state index in [0.29, 0.717) is 13.0 Å². The standard InChI is InChI=1S/C50H88O4/c1-3-5-7-9-11-13-15-17-19-21-23-24-25-26-27-28-30-32-34-36-38-40-42-44-46-53-48-49(47-51)54-50(52)45-43-41-39-37-35-33-31-29-22-20-18-16-14-12-10-8-6-4-2/h5,7,11,13,17,19,23-24,26-27,30,32,49,51H,3-4,6,8-10,12,14-16,18,20-22,25,28-29,31,33-48H2,1-2H3/b7-5-,13-11-,19-17-,24-23-,27-26-,32-30-. The Morgan fingerprint density at radius 2 is 0.833 bits per heavy atom. The summed E-state index contributed by atoms with van der Waals surface area (Å²) in [5, 5.41) is 9.62. The second-order valence-electron chi connectivity index (χ2n) is 15.1. The molecular formula is C50H88O4. The van der Waals surface area contributed by atoms with Crippen LogP contribution in [0.5, 0.6) is 0 Å². The first kappa shape index (κ1) is 51.8. The van der Waals surface area contributed by atoms with Gasteiger partial charge >= 0.3 is 5.97 Å². The number of rotatable bonds is 42. The molecular weight excluding hydrogens is 665 g/mol. The molecule has 1 atom stereocenters. The molecule has 0 aromatic rings. The molecule has 54 heavy (non-hydrogen) atoms. The number of allylic oxidation sites excluding steroid dienone is 12. The van der Waals surface area contributed by atoms with Gasteiger partial charge in [-0.1, -0.05) is 215 Å². The summed E-state index contributed by atoms with van der Waals surface area (Å²) in [5.74, 6) is -0.207. The second kappa shape index (κ2) is 47.0. The van der Waals surface area contributed by atoms with Gasteiger partial charge in [0.05, 0.1) is 13.2 Å². The highest BCUT2D eigenvalue weighted by Crippen LogP contribution is 2.15. The molecule has 0 aliphatic heterocycles. The zero-order chi connectivity index (χ0) is 39.1. The molecule has 0 aromatic carbocycles. The van der Waals surface area contributed by atoms with Crippen molar-refractivity contribution >= 4 is 5.97 Å². The lowest BCUT2D eigenvalue weighted by molar-refractivity contribution is -0.154. The quantitative estimate of drug-likeness (QED) is 0.0383. The van der Waals surface area contributed by atoms with Crippen LogP contribution in [0.4, 0.5) is 0 Å². The summed E-state index contributed by atoms with van der Waals surface area (Å²) < 4.78 is 11.2. The molecule has 312 valence electrons. The average molecular weight is 753 g/mol. The normalized spacial score (nSPS) is 13.0. The number of esters is 1. The number of carbonyl (C=O) groups is 1. The van der Waals surface area contributed by atoms with Crippen molar-refractivity contribution in [2.24, 2.45) is 0 Å². The van der Waals surface area contributed by atoms with Crippen molar-refractivity contribution in [2.75, 3.05) is 19.8 Å². The van der Waals surface area contributed by atoms with Crippen LogP contribution in [0.15, 0.2) is 72.9 Å². The van der Waals surface area contributed by atoms with Gasteiger partial charge in [-0.25, -0.2) is 0 Å². The van der Waals surface area contributed by atoms with Gasteiger partial charge in [0.25, 0.3) is 0 Å². The Morgan fingerprint density at radius 3 is 1.26 bits per heavy atom. The fraction of sp³-hybridized carbons (Fsp3) is 0.740. The van der Waals surface area contributed by atoms with E-state index in [1.54, 1.807) is 0 Å². The molecule has 4 nitrogen and oxygen atoms in total. The van der Waals surface area contributed by atoms with E-state index in [0.717, 1.165) is 70.6 Å². The van der Waals surface area contributed by atoms with Crippen LogP contribution in [0.1, 0.15) is 213 Å². The Labute approximate surface area is 336 Å². The molecule has 0 saturated carbocycles. The summed E-state index contributed by atoms with van der Waals surface area (Å²) in [6, 6.07) is 0. The number of aliphatic hydroxyl groups is 1. The van der Waals surface area contributed by atoms with Gasteiger partial charge in [-0.05, 0) is 64.2 Å². The molecule has 0 aliphatic rings. The van der Waals surface area contributed by atoms with Crippen LogP contribution in [0.3, 0.4) is 0 Å². The fourth-order valence-corrected chi connectivity index (χ4v) is 6.39. The van der Waals surface area contributed by atoms with Gasteiger partial charge in [-0.15, -0.1) is 0 Å². The van der Waals surface area contributed by atoms with Gasteiger partial charge in [0.2, 0.25) is 0 Å². The lowest BCUT2D eigenvalue weighted by Gasteiger charge is -2.15. The SMILES string of the molecule is CC/C=C\C/C=C\C/C=C\C/C=C\C/C=C\C/C=C\CCCCCCCOCC(CO)OC(=O)CCCCCCCCCCCCCCCCCCCC. The molecule has 0 amide bonds. The van der Waals surface area contributed by atoms with Crippen LogP contribution in [0.2, 0.25) is 0 Å². The van der Waals surface area contributed by atoms with Gasteiger partial charge in [0.1, 0.15) is 6.10 Å². The van der Waals surface area contributed by atoms with E-state index in [4.69, 9.17) is 9.47 Å². The maximum atomic E-state index is 12.2. The number of ether oxygens (including phenoxy) is 2. The van der Waals surface area contributed by atoms with E-state index < -0.39 is 6.10 Å². The van der Waals surface area contributed by atoms with E-state index in [2.05, 4.69) is 86.8 Å². The van der Waals surface area contributed by atoms with Crippen molar-refractivity contribution in [1.29, 1.82) is 0 Å². The number of hydrogen-bond acceptors (Lipinski definition) is 4. The van der Waals surface area contributed by atoms with Crippen molar-refractivity contribution in [3.63, 3.8) is 0 Å². The summed E-state index contributed by atoms with van der Waals surface area (Å²) in [6.07, 6.45) is 64.0. The molecule has 0 fully saturated rings. The number of hydrogen-bond donors (Lipinski definition) is 1. The third kappa shape index (κ3) is 44.2. The summed E-state index contributed by atoms with van der Waals surface area (Å²) in [6.45, 7) is 5.20. The smallest absolute Gasteiger partial charge is 0.306 e. The van der Waals surface area contributed by atoms with Gasteiger partial charge in [-0.2, -0.15) is 0 Å². The number of unbranched alkanes of at least 4 members (excludes halogenated alkanes) is 22. The lowest BCUT2D eigenvalue weighted by Crippen LogP contribution is -2.27. The Bertz CT molecular complexity index is 927. The predicted octanol–water partition coefficient (Wildman–Crippen LogP) is 15.4. The molecule has 0 radical (unpaired) electrons. The van der Waals surface area contributed by atoms with Crippen LogP contribution >= 0.6 is 0 Å². The number of carbonyl (C=O) groups excluding carboxylic acids is 1. The van der Waals surface area contributed by atoms with Gasteiger partial charge in [0, 0.05) is 13.0 Å². The molecule has 1 N–H and O–H groups in total. The van der Waals surface area contributed by atoms with E-state index in [-0.39, 0.29) is 19.2 Å². The van der Waals surface area contributed by atoms with Crippen LogP contribution in [0.25, 0.3) is 0 Å². The maximum Gasteiger partial charge on any atom is 0.306 e. The van der Waals surface area contributed by atoms with E-state index in [1.165, 1.54) is 122 Å². The third-order valence-electron chi connectivity index (χ3n) is 9.80. The highest BCUT2D eigenvalue weighted by atomic mass is 16.6. The van der Waals surface area contributed by atoms with Gasteiger partial charge in [0.15, 0.2) is 0 Å². The summed E-state index contributed by atoms with van der Waals surface area (Å²) in [7, 11) is 0. The first-order chi connectivity index (χ1) is 26.7. The highest BCUT2D eigenvalue weighted by Gasteiger charge is 2.13. The minimum absolute atomic E-state index is 0.181. The van der Waals surface area contributed by atoms with Crippen molar-refractivity contribution in [1.82, 2.24) is 0 Å². The predicted molar refractivity (Wildman–Crippen MR) is 237 cm³/mol. The molecule has 4 heteroatoms. The van der Waals surface area contributed by atoms with Crippen LogP contribution in [-0.4, -0.2) is 37.0 Å². The first-order valence-corrected chi connectivity index (χ1v) is 23.0. The topological polar surface area (TPSA) is 55.8 Å². The zero-order valence-corrected chi connectivity index (χ0v) is 35.7. The van der Waals surface area contributed by atoms with E-state index >= 15 is 0 Å².